The van der Waals surface area contributed by atoms with Gasteiger partial charge in [-0.1, -0.05) is 48.5 Å². The van der Waals surface area contributed by atoms with Crippen LogP contribution in [-0.2, 0) is 11.3 Å². The summed E-state index contributed by atoms with van der Waals surface area (Å²) in [5.74, 6) is 0.0469. The smallest absolute Gasteiger partial charge is 0.237 e. The number of carbonyl (C=O) groups is 1. The van der Waals surface area contributed by atoms with Gasteiger partial charge in [-0.15, -0.1) is 11.8 Å². The first-order valence-corrected chi connectivity index (χ1v) is 9.21. The van der Waals surface area contributed by atoms with E-state index in [0.29, 0.717) is 6.54 Å². The molecule has 0 saturated heterocycles. The number of thioether (sulfide) groups is 1. The molecule has 1 heterocycles. The van der Waals surface area contributed by atoms with Gasteiger partial charge in [-0.05, 0) is 24.1 Å². The van der Waals surface area contributed by atoms with Crippen molar-refractivity contribution in [1.82, 2.24) is 14.9 Å². The van der Waals surface area contributed by atoms with Gasteiger partial charge in [-0.2, -0.15) is 0 Å². The minimum atomic E-state index is -0.253. The van der Waals surface area contributed by atoms with E-state index in [9.17, 15) is 4.79 Å². The molecule has 2 aromatic carbocycles. The number of imidazole rings is 1. The molecule has 1 N–H and O–H groups in total. The summed E-state index contributed by atoms with van der Waals surface area (Å²) < 4.78 is 2.01. The number of nitrogens with one attached hydrogen (secondary N) is 1. The molecule has 0 bridgehead atoms. The van der Waals surface area contributed by atoms with E-state index in [1.54, 1.807) is 24.3 Å². The number of hydrogen-bond acceptors (Lipinski definition) is 3. The molecule has 3 aromatic rings. The summed E-state index contributed by atoms with van der Waals surface area (Å²) in [4.78, 5) is 17.9. The molecule has 0 spiro atoms. The van der Waals surface area contributed by atoms with E-state index < -0.39 is 0 Å². The maximum atomic E-state index is 12.8. The lowest BCUT2D eigenvalue weighted by Crippen LogP contribution is -2.29. The highest BCUT2D eigenvalue weighted by atomic mass is 32.2. The Morgan fingerprint density at radius 2 is 1.80 bits per heavy atom. The average molecular weight is 351 g/mol. The molecule has 0 saturated carbocycles. The molecule has 1 aromatic heterocycles. The quantitative estimate of drug-likeness (QED) is 0.494. The number of amides is 1. The van der Waals surface area contributed by atoms with Crippen LogP contribution in [0.3, 0.4) is 0 Å². The van der Waals surface area contributed by atoms with Crippen LogP contribution in [0, 0.1) is 0 Å². The molecule has 0 fully saturated rings. The highest BCUT2D eigenvalue weighted by Crippen LogP contribution is 2.35. The van der Waals surface area contributed by atoms with Crippen LogP contribution in [-0.4, -0.2) is 22.0 Å². The van der Waals surface area contributed by atoms with Crippen LogP contribution in [0.2, 0.25) is 0 Å². The largest absolute Gasteiger partial charge is 0.355 e. The number of aromatic nitrogens is 2. The van der Waals surface area contributed by atoms with E-state index in [-0.39, 0.29) is 11.2 Å². The van der Waals surface area contributed by atoms with Crippen LogP contribution >= 0.6 is 11.8 Å². The number of aryl methyl sites for hydroxylation is 1. The van der Waals surface area contributed by atoms with Gasteiger partial charge < -0.3 is 9.88 Å². The summed E-state index contributed by atoms with van der Waals surface area (Å²) in [7, 11) is 0. The second-order valence-corrected chi connectivity index (χ2v) is 6.85. The summed E-state index contributed by atoms with van der Waals surface area (Å²) >= 11 is 1.58. The first-order valence-electron chi connectivity index (χ1n) is 8.33. The van der Waals surface area contributed by atoms with Gasteiger partial charge in [0.05, 0.1) is 6.33 Å². The molecule has 128 valence electrons. The Bertz CT molecular complexity index is 760. The average Bonchev–Trinajstić information content (AvgIpc) is 3.18. The van der Waals surface area contributed by atoms with Crippen LogP contribution in [0.5, 0.6) is 0 Å². The SMILES string of the molecule is O=C(NCCCn1ccnc1)C(Sc1ccccc1)c1ccccc1. The molecular weight excluding hydrogens is 330 g/mol. The van der Waals surface area contributed by atoms with E-state index in [1.165, 1.54) is 0 Å². The highest BCUT2D eigenvalue weighted by molar-refractivity contribution is 8.00. The van der Waals surface area contributed by atoms with Crippen molar-refractivity contribution in [3.8, 4) is 0 Å². The van der Waals surface area contributed by atoms with Gasteiger partial charge in [-0.25, -0.2) is 4.98 Å². The Hall–Kier alpha value is -2.53. The number of rotatable bonds is 8. The fourth-order valence-corrected chi connectivity index (χ4v) is 3.59. The van der Waals surface area contributed by atoms with Crippen molar-refractivity contribution in [3.63, 3.8) is 0 Å². The Labute approximate surface area is 152 Å². The van der Waals surface area contributed by atoms with Crippen LogP contribution in [0.1, 0.15) is 17.2 Å². The zero-order valence-electron chi connectivity index (χ0n) is 13.9. The standard InChI is InChI=1S/C20H21N3OS/c24-20(22-12-7-14-23-15-13-21-16-23)19(17-8-3-1-4-9-17)25-18-10-5-2-6-11-18/h1-6,8-11,13,15-16,19H,7,12,14H2,(H,22,24). The van der Waals surface area contributed by atoms with Gasteiger partial charge >= 0.3 is 0 Å². The predicted octanol–water partition coefficient (Wildman–Crippen LogP) is 3.92. The summed E-state index contributed by atoms with van der Waals surface area (Å²) in [6.07, 6.45) is 6.36. The second kappa shape index (κ2) is 9.08. The van der Waals surface area contributed by atoms with E-state index in [1.807, 2.05) is 71.4 Å². The molecule has 1 atom stereocenters. The third-order valence-corrected chi connectivity index (χ3v) is 5.06. The molecule has 0 aliphatic carbocycles. The molecule has 0 aliphatic rings. The minimum Gasteiger partial charge on any atom is -0.355 e. The Morgan fingerprint density at radius 1 is 1.08 bits per heavy atom. The molecule has 5 heteroatoms. The van der Waals surface area contributed by atoms with Crippen molar-refractivity contribution in [2.24, 2.45) is 0 Å². The first-order chi connectivity index (χ1) is 12.3. The molecule has 0 aliphatic heterocycles. The van der Waals surface area contributed by atoms with Crippen molar-refractivity contribution < 1.29 is 4.79 Å². The van der Waals surface area contributed by atoms with E-state index in [4.69, 9.17) is 0 Å². The van der Waals surface area contributed by atoms with Gasteiger partial charge in [-0.3, -0.25) is 4.79 Å². The fourth-order valence-electron chi connectivity index (χ4n) is 2.52. The molecule has 4 nitrogen and oxygen atoms in total. The Balaban J connectivity index is 1.60. The summed E-state index contributed by atoms with van der Waals surface area (Å²) in [5.41, 5.74) is 1.02. The third-order valence-electron chi connectivity index (χ3n) is 3.79. The highest BCUT2D eigenvalue weighted by Gasteiger charge is 2.21. The van der Waals surface area contributed by atoms with Crippen LogP contribution in [0.4, 0.5) is 0 Å². The maximum absolute atomic E-state index is 12.8. The molecule has 3 rings (SSSR count). The van der Waals surface area contributed by atoms with Crippen molar-refractivity contribution in [1.29, 1.82) is 0 Å². The normalized spacial score (nSPS) is 11.8. The van der Waals surface area contributed by atoms with Crippen LogP contribution < -0.4 is 5.32 Å². The van der Waals surface area contributed by atoms with E-state index in [0.717, 1.165) is 23.4 Å². The molecule has 0 radical (unpaired) electrons. The van der Waals surface area contributed by atoms with Crippen molar-refractivity contribution >= 4 is 17.7 Å². The fraction of sp³-hybridized carbons (Fsp3) is 0.200. The number of benzene rings is 2. The van der Waals surface area contributed by atoms with Crippen molar-refractivity contribution in [2.45, 2.75) is 23.1 Å². The number of carbonyl (C=O) groups excluding carboxylic acids is 1. The second-order valence-electron chi connectivity index (χ2n) is 5.67. The summed E-state index contributed by atoms with van der Waals surface area (Å²) in [6.45, 7) is 1.50. The maximum Gasteiger partial charge on any atom is 0.237 e. The molecule has 25 heavy (non-hydrogen) atoms. The van der Waals surface area contributed by atoms with Crippen molar-refractivity contribution in [3.05, 3.63) is 84.9 Å². The topological polar surface area (TPSA) is 46.9 Å². The van der Waals surface area contributed by atoms with Gasteiger partial charge in [0.1, 0.15) is 5.25 Å². The van der Waals surface area contributed by atoms with Crippen molar-refractivity contribution in [2.75, 3.05) is 6.54 Å². The van der Waals surface area contributed by atoms with Gasteiger partial charge in [0.2, 0.25) is 5.91 Å². The number of hydrogen-bond donors (Lipinski definition) is 1. The summed E-state index contributed by atoms with van der Waals surface area (Å²) in [6, 6.07) is 20.0. The zero-order valence-corrected chi connectivity index (χ0v) is 14.7. The molecule has 1 amide bonds. The number of nitrogens with zero attached hydrogens (tertiary/aromatic N) is 2. The summed E-state index contributed by atoms with van der Waals surface area (Å²) in [5, 5.41) is 2.82. The zero-order chi connectivity index (χ0) is 17.3. The van der Waals surface area contributed by atoms with E-state index in [2.05, 4.69) is 10.3 Å². The lowest BCUT2D eigenvalue weighted by molar-refractivity contribution is -0.120. The first kappa shape index (κ1) is 17.3. The molecular formula is C20H21N3OS. The van der Waals surface area contributed by atoms with Crippen LogP contribution in [0.25, 0.3) is 0 Å². The Morgan fingerprint density at radius 3 is 2.48 bits per heavy atom. The minimum absolute atomic E-state index is 0.0469. The van der Waals surface area contributed by atoms with Gasteiger partial charge in [0.25, 0.3) is 0 Å². The lowest BCUT2D eigenvalue weighted by Gasteiger charge is -2.17. The Kier molecular flexibility index (Phi) is 6.29. The van der Waals surface area contributed by atoms with Gasteiger partial charge in [0.15, 0.2) is 0 Å². The molecule has 1 unspecified atom stereocenters. The van der Waals surface area contributed by atoms with E-state index >= 15 is 0 Å². The monoisotopic (exact) mass is 351 g/mol. The van der Waals surface area contributed by atoms with Gasteiger partial charge in [0, 0.05) is 30.4 Å². The lowest BCUT2D eigenvalue weighted by atomic mass is 10.1. The van der Waals surface area contributed by atoms with Crippen LogP contribution in [0.15, 0.2) is 84.3 Å². The third kappa shape index (κ3) is 5.22. The predicted molar refractivity (Wildman–Crippen MR) is 101 cm³/mol.